The van der Waals surface area contributed by atoms with Gasteiger partial charge in [-0.3, -0.25) is 14.6 Å². The first-order valence-corrected chi connectivity index (χ1v) is 12.3. The number of likely N-dealkylation sites (tertiary alicyclic amines) is 1. The van der Waals surface area contributed by atoms with Gasteiger partial charge in [0.2, 0.25) is 5.91 Å². The summed E-state index contributed by atoms with van der Waals surface area (Å²) in [6.07, 6.45) is 3.62. The van der Waals surface area contributed by atoms with E-state index in [-0.39, 0.29) is 11.9 Å². The number of nitrogens with two attached hydrogens (primary N) is 1. The zero-order chi connectivity index (χ0) is 24.6. The molecule has 3 N–H and O–H groups in total. The maximum absolute atomic E-state index is 13.4. The molecule has 0 bridgehead atoms. The Labute approximate surface area is 204 Å². The molecule has 7 nitrogen and oxygen atoms in total. The number of rotatable bonds is 6. The molecular weight excluding hydrogens is 442 g/mol. The molecular formula is C28H31N3O4. The highest BCUT2D eigenvalue weighted by Gasteiger charge is 2.49. The molecule has 1 aliphatic heterocycles. The third kappa shape index (κ3) is 4.36. The van der Waals surface area contributed by atoms with Crippen LogP contribution in [-0.2, 0) is 21.7 Å². The molecule has 2 fully saturated rings. The molecule has 2 heterocycles. The number of pyridine rings is 1. The van der Waals surface area contributed by atoms with Crippen LogP contribution >= 0.6 is 0 Å². The van der Waals surface area contributed by atoms with Gasteiger partial charge in [0.1, 0.15) is 17.9 Å². The lowest BCUT2D eigenvalue weighted by Gasteiger charge is -2.36. The van der Waals surface area contributed by atoms with Crippen LogP contribution in [0.1, 0.15) is 48.9 Å². The number of carbonyl (C=O) groups excluding carboxylic acids is 1. The Bertz CT molecular complexity index is 1260. The Morgan fingerprint density at radius 2 is 1.91 bits per heavy atom. The molecule has 182 valence electrons. The molecule has 3 atom stereocenters. The fourth-order valence-corrected chi connectivity index (χ4v) is 5.64. The van der Waals surface area contributed by atoms with Crippen molar-refractivity contribution < 1.29 is 19.4 Å². The summed E-state index contributed by atoms with van der Waals surface area (Å²) >= 11 is 0. The molecule has 0 spiro atoms. The van der Waals surface area contributed by atoms with E-state index in [0.29, 0.717) is 38.2 Å². The largest absolute Gasteiger partial charge is 0.489 e. The molecule has 35 heavy (non-hydrogen) atoms. The molecule has 1 saturated heterocycles. The van der Waals surface area contributed by atoms with Crippen LogP contribution in [-0.4, -0.2) is 39.5 Å². The summed E-state index contributed by atoms with van der Waals surface area (Å²) in [4.78, 5) is 31.5. The first-order chi connectivity index (χ1) is 16.9. The van der Waals surface area contributed by atoms with Gasteiger partial charge in [-0.05, 0) is 56.0 Å². The minimum Gasteiger partial charge on any atom is -0.489 e. The van der Waals surface area contributed by atoms with Gasteiger partial charge in [0.25, 0.3) is 0 Å². The van der Waals surface area contributed by atoms with Crippen molar-refractivity contribution in [3.05, 3.63) is 71.4 Å². The molecule has 7 heteroatoms. The molecule has 2 aliphatic rings. The number of aryl methyl sites for hydroxylation is 1. The van der Waals surface area contributed by atoms with E-state index in [1.165, 1.54) is 0 Å². The predicted octanol–water partition coefficient (Wildman–Crippen LogP) is 4.15. The fraction of sp³-hybridized carbons (Fsp3) is 0.393. The van der Waals surface area contributed by atoms with Crippen LogP contribution in [0.5, 0.6) is 5.75 Å². The maximum Gasteiger partial charge on any atom is 0.308 e. The third-order valence-corrected chi connectivity index (χ3v) is 7.53. The highest BCUT2D eigenvalue weighted by atomic mass is 16.5. The van der Waals surface area contributed by atoms with E-state index in [0.717, 1.165) is 40.6 Å². The first kappa shape index (κ1) is 23.3. The number of aliphatic carboxylic acids is 1. The monoisotopic (exact) mass is 473 g/mol. The molecule has 1 aromatic heterocycles. The van der Waals surface area contributed by atoms with Gasteiger partial charge in [-0.15, -0.1) is 0 Å². The van der Waals surface area contributed by atoms with Crippen LogP contribution in [0.2, 0.25) is 0 Å². The SMILES string of the molecule is Cc1cc(COc2ccc(C3(N)CCN(C4CCCC[C@H]4C(=O)O)C3=O)cc2)c2ccccc2n1. The minimum absolute atomic E-state index is 0.178. The van der Waals surface area contributed by atoms with Crippen LogP contribution in [0.4, 0.5) is 0 Å². The van der Waals surface area contributed by atoms with E-state index in [1.807, 2.05) is 61.5 Å². The Morgan fingerprint density at radius 3 is 2.69 bits per heavy atom. The molecule has 1 saturated carbocycles. The molecule has 0 radical (unpaired) electrons. The van der Waals surface area contributed by atoms with E-state index < -0.39 is 17.4 Å². The number of carboxylic acids is 1. The average molecular weight is 474 g/mol. The lowest BCUT2D eigenvalue weighted by Crippen LogP contribution is -2.51. The first-order valence-electron chi connectivity index (χ1n) is 12.3. The van der Waals surface area contributed by atoms with E-state index >= 15 is 0 Å². The average Bonchev–Trinajstić information content (AvgIpc) is 3.17. The van der Waals surface area contributed by atoms with E-state index in [9.17, 15) is 14.7 Å². The van der Waals surface area contributed by atoms with Gasteiger partial charge >= 0.3 is 5.97 Å². The Kier molecular flexibility index (Phi) is 6.19. The number of benzene rings is 2. The van der Waals surface area contributed by atoms with Gasteiger partial charge in [0.05, 0.1) is 11.4 Å². The molecule has 1 amide bonds. The van der Waals surface area contributed by atoms with Crippen LogP contribution in [0.3, 0.4) is 0 Å². The number of para-hydroxylation sites is 1. The van der Waals surface area contributed by atoms with Crippen LogP contribution in [0.25, 0.3) is 10.9 Å². The normalized spacial score (nSPS) is 24.6. The lowest BCUT2D eigenvalue weighted by molar-refractivity contribution is -0.148. The van der Waals surface area contributed by atoms with Crippen molar-refractivity contribution in [1.82, 2.24) is 9.88 Å². The van der Waals surface area contributed by atoms with Crippen LogP contribution in [0, 0.1) is 12.8 Å². The number of carboxylic acid groups (broad SMARTS) is 1. The van der Waals surface area contributed by atoms with Crippen molar-refractivity contribution in [1.29, 1.82) is 0 Å². The van der Waals surface area contributed by atoms with E-state index in [1.54, 1.807) is 4.90 Å². The number of hydrogen-bond donors (Lipinski definition) is 2. The summed E-state index contributed by atoms with van der Waals surface area (Å²) < 4.78 is 6.06. The standard InChI is InChI=1S/C28H31N3O4/c1-18-16-19(22-6-2-4-8-24(22)30-18)17-35-21-12-10-20(11-13-21)28(29)14-15-31(27(28)34)25-9-5-3-7-23(25)26(32)33/h2,4,6,8,10-13,16,23,25H,3,5,7,9,14-15,17,29H2,1H3,(H,32,33)/t23-,25?,28?/m1/s1. The molecule has 1 aliphatic carbocycles. The van der Waals surface area contributed by atoms with Crippen LogP contribution in [0.15, 0.2) is 54.6 Å². The summed E-state index contributed by atoms with van der Waals surface area (Å²) in [5.74, 6) is -0.825. The van der Waals surface area contributed by atoms with Gasteiger partial charge in [-0.1, -0.05) is 43.2 Å². The highest BCUT2D eigenvalue weighted by molar-refractivity contribution is 5.90. The van der Waals surface area contributed by atoms with Crippen molar-refractivity contribution in [2.24, 2.45) is 11.7 Å². The third-order valence-electron chi connectivity index (χ3n) is 7.53. The molecule has 3 aromatic rings. The van der Waals surface area contributed by atoms with Crippen molar-refractivity contribution in [3.8, 4) is 5.75 Å². The molecule has 2 aromatic carbocycles. The number of fused-ring (bicyclic) bond motifs is 1. The van der Waals surface area contributed by atoms with Crippen molar-refractivity contribution in [2.75, 3.05) is 6.54 Å². The van der Waals surface area contributed by atoms with Gasteiger partial charge in [-0.25, -0.2) is 0 Å². The number of nitrogens with zero attached hydrogens (tertiary/aromatic N) is 2. The second-order valence-corrected chi connectivity index (χ2v) is 9.77. The van der Waals surface area contributed by atoms with E-state index in [2.05, 4.69) is 4.98 Å². The second-order valence-electron chi connectivity index (χ2n) is 9.77. The molecule has 5 rings (SSSR count). The van der Waals surface area contributed by atoms with Crippen molar-refractivity contribution >= 4 is 22.8 Å². The van der Waals surface area contributed by atoms with E-state index in [4.69, 9.17) is 10.5 Å². The smallest absolute Gasteiger partial charge is 0.308 e. The summed E-state index contributed by atoms with van der Waals surface area (Å²) in [6.45, 7) is 2.86. The number of carbonyl (C=O) groups is 2. The topological polar surface area (TPSA) is 106 Å². The number of hydrogen-bond acceptors (Lipinski definition) is 5. The second kappa shape index (κ2) is 9.30. The summed E-state index contributed by atoms with van der Waals surface area (Å²) in [5, 5.41) is 10.7. The summed E-state index contributed by atoms with van der Waals surface area (Å²) in [5.41, 5.74) is 9.18. The van der Waals surface area contributed by atoms with Gasteiger partial charge in [-0.2, -0.15) is 0 Å². The van der Waals surface area contributed by atoms with Gasteiger partial charge < -0.3 is 20.5 Å². The van der Waals surface area contributed by atoms with Gasteiger partial charge in [0.15, 0.2) is 0 Å². The Hall–Kier alpha value is -3.45. The molecule has 2 unspecified atom stereocenters. The number of ether oxygens (including phenoxy) is 1. The van der Waals surface area contributed by atoms with Crippen molar-refractivity contribution in [2.45, 2.75) is 57.2 Å². The Morgan fingerprint density at radius 1 is 1.17 bits per heavy atom. The predicted molar refractivity (Wildman–Crippen MR) is 133 cm³/mol. The Balaban J connectivity index is 1.30. The van der Waals surface area contributed by atoms with Crippen molar-refractivity contribution in [3.63, 3.8) is 0 Å². The zero-order valence-corrected chi connectivity index (χ0v) is 19.9. The lowest BCUT2D eigenvalue weighted by atomic mass is 9.83. The minimum atomic E-state index is -1.14. The van der Waals surface area contributed by atoms with Crippen LogP contribution < -0.4 is 10.5 Å². The number of aromatic nitrogens is 1. The van der Waals surface area contributed by atoms with Gasteiger partial charge in [0, 0.05) is 29.2 Å². The fourth-order valence-electron chi connectivity index (χ4n) is 5.64. The zero-order valence-electron chi connectivity index (χ0n) is 19.9. The maximum atomic E-state index is 13.4. The summed E-state index contributed by atoms with van der Waals surface area (Å²) in [6, 6.07) is 17.1. The number of amides is 1. The quantitative estimate of drug-likeness (QED) is 0.557. The summed E-state index contributed by atoms with van der Waals surface area (Å²) in [7, 11) is 0. The highest BCUT2D eigenvalue weighted by Crippen LogP contribution is 2.38.